The number of halogens is 2. The number of rotatable bonds is 7. The lowest BCUT2D eigenvalue weighted by Crippen LogP contribution is -2.36. The van der Waals surface area contributed by atoms with Gasteiger partial charge in [0.1, 0.15) is 12.4 Å². The van der Waals surface area contributed by atoms with Gasteiger partial charge in [0.2, 0.25) is 0 Å². The number of thiophene rings is 1. The highest BCUT2D eigenvalue weighted by Gasteiger charge is 2.11. The second-order valence-electron chi connectivity index (χ2n) is 4.43. The SMILES string of the molecule is CCNC(COc1cccc(Cl)c1)Cc1ccc(Br)s1. The van der Waals surface area contributed by atoms with Crippen molar-refractivity contribution in [3.05, 3.63) is 50.1 Å². The summed E-state index contributed by atoms with van der Waals surface area (Å²) in [7, 11) is 0. The van der Waals surface area contributed by atoms with E-state index in [-0.39, 0.29) is 0 Å². The Bertz CT molecular complexity index is 546. The molecule has 0 aliphatic heterocycles. The zero-order valence-corrected chi connectivity index (χ0v) is 14.4. The van der Waals surface area contributed by atoms with Crippen LogP contribution in [0.5, 0.6) is 5.75 Å². The van der Waals surface area contributed by atoms with Crippen LogP contribution < -0.4 is 10.1 Å². The van der Waals surface area contributed by atoms with Crippen molar-refractivity contribution in [2.24, 2.45) is 0 Å². The third-order valence-electron chi connectivity index (χ3n) is 2.82. The Morgan fingerprint density at radius 3 is 2.85 bits per heavy atom. The normalized spacial score (nSPS) is 12.3. The summed E-state index contributed by atoms with van der Waals surface area (Å²) in [5.41, 5.74) is 0. The summed E-state index contributed by atoms with van der Waals surface area (Å²) in [5.74, 6) is 0.813. The van der Waals surface area contributed by atoms with Crippen molar-refractivity contribution in [2.75, 3.05) is 13.2 Å². The molecule has 0 amide bonds. The van der Waals surface area contributed by atoms with Gasteiger partial charge in [0, 0.05) is 22.4 Å². The molecule has 5 heteroatoms. The Balaban J connectivity index is 1.91. The summed E-state index contributed by atoms with van der Waals surface area (Å²) < 4.78 is 6.99. The Hall–Kier alpha value is -0.550. The first-order chi connectivity index (χ1) is 9.67. The molecule has 1 N–H and O–H groups in total. The van der Waals surface area contributed by atoms with Gasteiger partial charge in [0.25, 0.3) is 0 Å². The van der Waals surface area contributed by atoms with E-state index in [9.17, 15) is 0 Å². The molecule has 1 heterocycles. The topological polar surface area (TPSA) is 21.3 Å². The van der Waals surface area contributed by atoms with Crippen LogP contribution in [0, 0.1) is 0 Å². The molecule has 1 unspecified atom stereocenters. The average molecular weight is 375 g/mol. The predicted octanol–water partition coefficient (Wildman–Crippen LogP) is 4.76. The van der Waals surface area contributed by atoms with E-state index < -0.39 is 0 Å². The lowest BCUT2D eigenvalue weighted by molar-refractivity contribution is 0.265. The number of hydrogen-bond donors (Lipinski definition) is 1. The van der Waals surface area contributed by atoms with Gasteiger partial charge in [-0.3, -0.25) is 0 Å². The quantitative estimate of drug-likeness (QED) is 0.754. The smallest absolute Gasteiger partial charge is 0.120 e. The van der Waals surface area contributed by atoms with Crippen LogP contribution in [-0.4, -0.2) is 19.2 Å². The van der Waals surface area contributed by atoms with Gasteiger partial charge in [-0.25, -0.2) is 0 Å². The van der Waals surface area contributed by atoms with Crippen LogP contribution in [0.15, 0.2) is 40.2 Å². The lowest BCUT2D eigenvalue weighted by atomic mass is 10.2. The van der Waals surface area contributed by atoms with Crippen LogP contribution in [0.4, 0.5) is 0 Å². The lowest BCUT2D eigenvalue weighted by Gasteiger charge is -2.18. The number of nitrogens with one attached hydrogen (secondary N) is 1. The van der Waals surface area contributed by atoms with Gasteiger partial charge in [-0.05, 0) is 52.8 Å². The van der Waals surface area contributed by atoms with Gasteiger partial charge in [0.05, 0.1) is 3.79 Å². The molecular formula is C15H17BrClNOS. The van der Waals surface area contributed by atoms with Crippen molar-refractivity contribution in [1.29, 1.82) is 0 Å². The van der Waals surface area contributed by atoms with Crippen molar-refractivity contribution >= 4 is 38.9 Å². The molecule has 2 rings (SSSR count). The van der Waals surface area contributed by atoms with Gasteiger partial charge >= 0.3 is 0 Å². The summed E-state index contributed by atoms with van der Waals surface area (Å²) in [5, 5.41) is 4.16. The fourth-order valence-electron chi connectivity index (χ4n) is 1.94. The Labute approximate surface area is 137 Å². The minimum absolute atomic E-state index is 0.296. The Kier molecular flexibility index (Phi) is 6.36. The van der Waals surface area contributed by atoms with Crippen LogP contribution >= 0.6 is 38.9 Å². The van der Waals surface area contributed by atoms with E-state index in [2.05, 4.69) is 40.3 Å². The Morgan fingerprint density at radius 1 is 1.35 bits per heavy atom. The summed E-state index contributed by atoms with van der Waals surface area (Å²) in [6.45, 7) is 3.66. The minimum atomic E-state index is 0.296. The maximum atomic E-state index is 5.95. The van der Waals surface area contributed by atoms with Crippen molar-refractivity contribution in [2.45, 2.75) is 19.4 Å². The van der Waals surface area contributed by atoms with Crippen LogP contribution in [0.1, 0.15) is 11.8 Å². The molecule has 0 saturated carbocycles. The molecule has 0 fully saturated rings. The summed E-state index contributed by atoms with van der Waals surface area (Å²) in [4.78, 5) is 1.34. The second kappa shape index (κ2) is 8.03. The fourth-order valence-corrected chi connectivity index (χ4v) is 3.68. The number of likely N-dealkylation sites (N-methyl/N-ethyl adjacent to an activating group) is 1. The molecule has 2 aromatic rings. The van der Waals surface area contributed by atoms with Crippen LogP contribution in [0.3, 0.4) is 0 Å². The zero-order chi connectivity index (χ0) is 14.4. The fraction of sp³-hybridized carbons (Fsp3) is 0.333. The molecule has 0 radical (unpaired) electrons. The van der Waals surface area contributed by atoms with E-state index in [4.69, 9.17) is 16.3 Å². The molecule has 0 spiro atoms. The first-order valence-electron chi connectivity index (χ1n) is 6.53. The highest BCUT2D eigenvalue weighted by molar-refractivity contribution is 9.11. The molecule has 0 aliphatic carbocycles. The van der Waals surface area contributed by atoms with E-state index in [1.165, 1.54) is 8.66 Å². The second-order valence-corrected chi connectivity index (χ2v) is 7.42. The van der Waals surface area contributed by atoms with Crippen molar-refractivity contribution in [3.63, 3.8) is 0 Å². The molecular weight excluding hydrogens is 358 g/mol. The first-order valence-corrected chi connectivity index (χ1v) is 8.52. The highest BCUT2D eigenvalue weighted by atomic mass is 79.9. The molecule has 1 aromatic heterocycles. The molecule has 20 heavy (non-hydrogen) atoms. The summed E-state index contributed by atoms with van der Waals surface area (Å²) >= 11 is 11.2. The molecule has 108 valence electrons. The molecule has 2 nitrogen and oxygen atoms in total. The minimum Gasteiger partial charge on any atom is -0.492 e. The van der Waals surface area contributed by atoms with Crippen molar-refractivity contribution in [1.82, 2.24) is 5.32 Å². The number of ether oxygens (including phenoxy) is 1. The van der Waals surface area contributed by atoms with E-state index in [1.807, 2.05) is 24.3 Å². The average Bonchev–Trinajstić information content (AvgIpc) is 2.82. The van der Waals surface area contributed by atoms with Crippen LogP contribution in [0.25, 0.3) is 0 Å². The third-order valence-corrected chi connectivity index (χ3v) is 4.70. The predicted molar refractivity (Wildman–Crippen MR) is 90.1 cm³/mol. The summed E-state index contributed by atoms with van der Waals surface area (Å²) in [6.07, 6.45) is 0.963. The van der Waals surface area contributed by atoms with E-state index in [0.717, 1.165) is 18.7 Å². The van der Waals surface area contributed by atoms with Gasteiger partial charge in [-0.2, -0.15) is 0 Å². The third kappa shape index (κ3) is 5.09. The first kappa shape index (κ1) is 15.8. The maximum Gasteiger partial charge on any atom is 0.120 e. The van der Waals surface area contributed by atoms with Crippen LogP contribution in [-0.2, 0) is 6.42 Å². The molecule has 1 atom stereocenters. The van der Waals surface area contributed by atoms with Crippen molar-refractivity contribution < 1.29 is 4.74 Å². The largest absolute Gasteiger partial charge is 0.492 e. The molecule has 0 bridgehead atoms. The number of benzene rings is 1. The molecule has 0 aliphatic rings. The molecule has 0 saturated heterocycles. The van der Waals surface area contributed by atoms with Crippen LogP contribution in [0.2, 0.25) is 5.02 Å². The van der Waals surface area contributed by atoms with Gasteiger partial charge < -0.3 is 10.1 Å². The summed E-state index contributed by atoms with van der Waals surface area (Å²) in [6, 6.07) is 12.0. The van der Waals surface area contributed by atoms with E-state index in [1.54, 1.807) is 11.3 Å². The number of hydrogen-bond acceptors (Lipinski definition) is 3. The highest BCUT2D eigenvalue weighted by Crippen LogP contribution is 2.23. The van der Waals surface area contributed by atoms with Gasteiger partial charge in [-0.1, -0.05) is 24.6 Å². The Morgan fingerprint density at radius 2 is 2.20 bits per heavy atom. The van der Waals surface area contributed by atoms with E-state index >= 15 is 0 Å². The van der Waals surface area contributed by atoms with Gasteiger partial charge in [-0.15, -0.1) is 11.3 Å². The standard InChI is InChI=1S/C15H17BrClNOS/c1-2-18-12(9-14-6-7-15(16)20-14)10-19-13-5-3-4-11(17)8-13/h3-8,12,18H,2,9-10H2,1H3. The van der Waals surface area contributed by atoms with E-state index in [0.29, 0.717) is 17.7 Å². The van der Waals surface area contributed by atoms with Gasteiger partial charge in [0.15, 0.2) is 0 Å². The zero-order valence-electron chi connectivity index (χ0n) is 11.2. The monoisotopic (exact) mass is 373 g/mol. The maximum absolute atomic E-state index is 5.95. The van der Waals surface area contributed by atoms with Crippen molar-refractivity contribution in [3.8, 4) is 5.75 Å². The molecule has 1 aromatic carbocycles.